The molecular formula is C24H28ClFN6O3. The molecule has 186 valence electrons. The number of halogens is 2. The lowest BCUT2D eigenvalue weighted by Crippen LogP contribution is -2.27. The van der Waals surface area contributed by atoms with Gasteiger partial charge >= 0.3 is 0 Å². The van der Waals surface area contributed by atoms with E-state index in [0.29, 0.717) is 35.2 Å². The molecule has 3 aromatic rings. The second-order valence-corrected chi connectivity index (χ2v) is 7.96. The standard InChI is InChI=1S/C24H28ClFN6O3/c1-3-32(4-2)10-8-23(34)29-22-14-17(7-9-27-22)28-21-15-20(30-31-24(21)35-12-11-33)18-13-16(25)5-6-19(18)26/h5-7,9,13-15,33H,3-4,8,10-12H2,1-2H3,(H2,27,28,29,30,34). The molecule has 0 spiro atoms. The predicted octanol–water partition coefficient (Wildman–Crippen LogP) is 4.12. The first-order valence-corrected chi connectivity index (χ1v) is 11.6. The van der Waals surface area contributed by atoms with Crippen molar-refractivity contribution in [3.8, 4) is 17.1 Å². The van der Waals surface area contributed by atoms with Crippen molar-refractivity contribution in [2.45, 2.75) is 20.3 Å². The molecule has 2 heterocycles. The smallest absolute Gasteiger partial charge is 0.257 e. The summed E-state index contributed by atoms with van der Waals surface area (Å²) in [6.45, 7) is 6.30. The molecule has 0 aliphatic heterocycles. The highest BCUT2D eigenvalue weighted by Gasteiger charge is 2.15. The lowest BCUT2D eigenvalue weighted by atomic mass is 10.1. The number of ether oxygens (including phenoxy) is 1. The van der Waals surface area contributed by atoms with Gasteiger partial charge in [-0.05, 0) is 43.4 Å². The van der Waals surface area contributed by atoms with Crippen molar-refractivity contribution in [1.29, 1.82) is 0 Å². The normalized spacial score (nSPS) is 10.9. The Balaban J connectivity index is 1.81. The van der Waals surface area contributed by atoms with E-state index in [-0.39, 0.29) is 36.3 Å². The van der Waals surface area contributed by atoms with Crippen molar-refractivity contribution < 1.29 is 19.0 Å². The van der Waals surface area contributed by atoms with Crippen molar-refractivity contribution >= 4 is 34.7 Å². The Hall–Kier alpha value is -3.34. The fraction of sp³-hybridized carbons (Fsp3) is 0.333. The van der Waals surface area contributed by atoms with Crippen LogP contribution in [-0.4, -0.2) is 63.9 Å². The zero-order valence-electron chi connectivity index (χ0n) is 19.6. The van der Waals surface area contributed by atoms with Crippen molar-refractivity contribution in [2.24, 2.45) is 0 Å². The summed E-state index contributed by atoms with van der Waals surface area (Å²) in [5.74, 6) is -0.150. The van der Waals surface area contributed by atoms with E-state index < -0.39 is 5.82 Å². The van der Waals surface area contributed by atoms with Crippen LogP contribution < -0.4 is 15.4 Å². The van der Waals surface area contributed by atoms with Crippen molar-refractivity contribution in [2.75, 3.05) is 43.5 Å². The zero-order valence-corrected chi connectivity index (χ0v) is 20.3. The molecule has 0 aliphatic rings. The van der Waals surface area contributed by atoms with Crippen molar-refractivity contribution in [3.63, 3.8) is 0 Å². The minimum Gasteiger partial charge on any atom is -0.473 e. The highest BCUT2D eigenvalue weighted by molar-refractivity contribution is 6.30. The van der Waals surface area contributed by atoms with Gasteiger partial charge in [-0.25, -0.2) is 9.37 Å². The lowest BCUT2D eigenvalue weighted by molar-refractivity contribution is -0.116. The number of pyridine rings is 1. The van der Waals surface area contributed by atoms with Gasteiger partial charge in [0.2, 0.25) is 5.91 Å². The molecule has 9 nitrogen and oxygen atoms in total. The summed E-state index contributed by atoms with van der Waals surface area (Å²) in [5.41, 5.74) is 1.38. The predicted molar refractivity (Wildman–Crippen MR) is 134 cm³/mol. The molecule has 0 unspecified atom stereocenters. The number of benzene rings is 1. The van der Waals surface area contributed by atoms with E-state index in [1.165, 1.54) is 18.2 Å². The fourth-order valence-corrected chi connectivity index (χ4v) is 3.45. The Morgan fingerprint density at radius 3 is 2.71 bits per heavy atom. The molecule has 35 heavy (non-hydrogen) atoms. The van der Waals surface area contributed by atoms with Crippen LogP contribution in [0, 0.1) is 5.82 Å². The third kappa shape index (κ3) is 7.57. The topological polar surface area (TPSA) is 113 Å². The van der Waals surface area contributed by atoms with Crippen LogP contribution in [0.5, 0.6) is 5.88 Å². The molecule has 0 bridgehead atoms. The molecule has 1 aromatic carbocycles. The molecule has 3 rings (SSSR count). The number of aromatic nitrogens is 3. The molecule has 0 fully saturated rings. The second-order valence-electron chi connectivity index (χ2n) is 7.52. The maximum absolute atomic E-state index is 14.4. The Bertz CT molecular complexity index is 1150. The van der Waals surface area contributed by atoms with Crippen LogP contribution in [0.1, 0.15) is 20.3 Å². The largest absolute Gasteiger partial charge is 0.473 e. The number of aliphatic hydroxyl groups is 1. The van der Waals surface area contributed by atoms with Crippen molar-refractivity contribution in [1.82, 2.24) is 20.1 Å². The van der Waals surface area contributed by atoms with Crippen LogP contribution in [0.4, 0.5) is 21.6 Å². The molecule has 11 heteroatoms. The van der Waals surface area contributed by atoms with Gasteiger partial charge in [-0.15, -0.1) is 10.2 Å². The SMILES string of the molecule is CCN(CC)CCC(=O)Nc1cc(Nc2cc(-c3cc(Cl)ccc3F)nnc2OCCO)ccn1. The summed E-state index contributed by atoms with van der Waals surface area (Å²) < 4.78 is 19.9. The molecule has 0 saturated heterocycles. The van der Waals surface area contributed by atoms with Gasteiger partial charge in [0, 0.05) is 41.5 Å². The molecule has 0 radical (unpaired) electrons. The van der Waals surface area contributed by atoms with E-state index in [0.717, 1.165) is 13.1 Å². The average molecular weight is 503 g/mol. The Morgan fingerprint density at radius 2 is 1.97 bits per heavy atom. The number of rotatable bonds is 12. The summed E-state index contributed by atoms with van der Waals surface area (Å²) in [6.07, 6.45) is 1.89. The number of hydrogen-bond donors (Lipinski definition) is 3. The second kappa shape index (κ2) is 12.9. The van der Waals surface area contributed by atoms with E-state index in [1.54, 1.807) is 24.4 Å². The van der Waals surface area contributed by atoms with Crippen LogP contribution in [0.25, 0.3) is 11.3 Å². The quantitative estimate of drug-likeness (QED) is 0.339. The first-order chi connectivity index (χ1) is 16.9. The third-order valence-corrected chi connectivity index (χ3v) is 5.39. The van der Waals surface area contributed by atoms with Gasteiger partial charge in [0.25, 0.3) is 5.88 Å². The summed E-state index contributed by atoms with van der Waals surface area (Å²) in [5, 5.41) is 23.5. The van der Waals surface area contributed by atoms with E-state index >= 15 is 0 Å². The van der Waals surface area contributed by atoms with Gasteiger partial charge in [-0.1, -0.05) is 25.4 Å². The number of aliphatic hydroxyl groups excluding tert-OH is 1. The average Bonchev–Trinajstić information content (AvgIpc) is 2.85. The van der Waals surface area contributed by atoms with E-state index in [9.17, 15) is 9.18 Å². The van der Waals surface area contributed by atoms with E-state index in [2.05, 4.69) is 44.6 Å². The Morgan fingerprint density at radius 1 is 1.17 bits per heavy atom. The van der Waals surface area contributed by atoms with Gasteiger partial charge in [0.05, 0.1) is 12.3 Å². The number of anilines is 3. The summed E-state index contributed by atoms with van der Waals surface area (Å²) in [6, 6.07) is 9.07. The Kier molecular flexibility index (Phi) is 9.71. The number of nitrogens with zero attached hydrogens (tertiary/aromatic N) is 4. The first-order valence-electron chi connectivity index (χ1n) is 11.3. The summed E-state index contributed by atoms with van der Waals surface area (Å²) in [7, 11) is 0. The van der Waals surface area contributed by atoms with Crippen LogP contribution >= 0.6 is 11.6 Å². The van der Waals surface area contributed by atoms with Gasteiger partial charge < -0.3 is 25.4 Å². The van der Waals surface area contributed by atoms with Crippen molar-refractivity contribution in [3.05, 3.63) is 53.4 Å². The number of hydrogen-bond acceptors (Lipinski definition) is 8. The molecule has 0 atom stereocenters. The summed E-state index contributed by atoms with van der Waals surface area (Å²) in [4.78, 5) is 18.7. The molecule has 0 aliphatic carbocycles. The molecular weight excluding hydrogens is 475 g/mol. The lowest BCUT2D eigenvalue weighted by Gasteiger charge is -2.17. The molecule has 3 N–H and O–H groups in total. The Labute approximate surface area is 208 Å². The maximum atomic E-state index is 14.4. The van der Waals surface area contributed by atoms with Gasteiger partial charge in [0.15, 0.2) is 0 Å². The fourth-order valence-electron chi connectivity index (χ4n) is 3.28. The number of carbonyl (C=O) groups is 1. The molecule has 0 saturated carbocycles. The number of nitrogens with one attached hydrogen (secondary N) is 2. The monoisotopic (exact) mass is 502 g/mol. The number of carbonyl (C=O) groups excluding carboxylic acids is 1. The van der Waals surface area contributed by atoms with E-state index in [1.807, 2.05) is 0 Å². The first kappa shape index (κ1) is 26.3. The number of amides is 1. The minimum atomic E-state index is -0.503. The van der Waals surface area contributed by atoms with Crippen LogP contribution in [-0.2, 0) is 4.79 Å². The minimum absolute atomic E-state index is 0.00156. The summed E-state index contributed by atoms with van der Waals surface area (Å²) >= 11 is 6.02. The third-order valence-electron chi connectivity index (χ3n) is 5.15. The van der Waals surface area contributed by atoms with Gasteiger partial charge in [0.1, 0.15) is 23.9 Å². The highest BCUT2D eigenvalue weighted by Crippen LogP contribution is 2.31. The van der Waals surface area contributed by atoms with Gasteiger partial charge in [-0.3, -0.25) is 4.79 Å². The maximum Gasteiger partial charge on any atom is 0.257 e. The zero-order chi connectivity index (χ0) is 25.2. The van der Waals surface area contributed by atoms with E-state index in [4.69, 9.17) is 21.4 Å². The molecule has 1 amide bonds. The van der Waals surface area contributed by atoms with Gasteiger partial charge in [-0.2, -0.15) is 0 Å². The van der Waals surface area contributed by atoms with Crippen LogP contribution in [0.3, 0.4) is 0 Å². The highest BCUT2D eigenvalue weighted by atomic mass is 35.5. The van der Waals surface area contributed by atoms with Crippen LogP contribution in [0.15, 0.2) is 42.6 Å². The molecule has 2 aromatic heterocycles. The van der Waals surface area contributed by atoms with Crippen LogP contribution in [0.2, 0.25) is 5.02 Å².